The standard InChI is InChI=1S/C14H19NOS/c1-10-4-7-12(17)9-13(10)14(16)15-8-2-3-11-5-6-11/h4,7,9,11,17H,2-3,5-6,8H2,1H3,(H,15,16). The molecule has 0 saturated heterocycles. The summed E-state index contributed by atoms with van der Waals surface area (Å²) in [6.07, 6.45) is 5.12. The molecule has 17 heavy (non-hydrogen) atoms. The highest BCUT2D eigenvalue weighted by Gasteiger charge is 2.20. The van der Waals surface area contributed by atoms with Gasteiger partial charge in [-0.2, -0.15) is 0 Å². The lowest BCUT2D eigenvalue weighted by atomic mass is 10.1. The minimum Gasteiger partial charge on any atom is -0.352 e. The highest BCUT2D eigenvalue weighted by atomic mass is 32.1. The molecule has 0 spiro atoms. The summed E-state index contributed by atoms with van der Waals surface area (Å²) in [5, 5.41) is 2.98. The van der Waals surface area contributed by atoms with Crippen molar-refractivity contribution in [2.75, 3.05) is 6.54 Å². The third-order valence-corrected chi connectivity index (χ3v) is 3.52. The van der Waals surface area contributed by atoms with Crippen LogP contribution >= 0.6 is 12.6 Å². The number of hydrogen-bond donors (Lipinski definition) is 2. The number of aryl methyl sites for hydroxylation is 1. The maximum atomic E-state index is 11.9. The molecule has 1 aromatic rings. The monoisotopic (exact) mass is 249 g/mol. The van der Waals surface area contributed by atoms with Gasteiger partial charge in [-0.1, -0.05) is 18.9 Å². The number of benzene rings is 1. The summed E-state index contributed by atoms with van der Waals surface area (Å²) in [7, 11) is 0. The first-order chi connectivity index (χ1) is 8.16. The van der Waals surface area contributed by atoms with Gasteiger partial charge in [0.25, 0.3) is 5.91 Å². The zero-order valence-corrected chi connectivity index (χ0v) is 11.1. The van der Waals surface area contributed by atoms with Gasteiger partial charge < -0.3 is 5.32 Å². The number of thiol groups is 1. The molecule has 3 heteroatoms. The molecular formula is C14H19NOS. The van der Waals surface area contributed by atoms with Crippen LogP contribution in [0.15, 0.2) is 23.1 Å². The molecule has 0 heterocycles. The van der Waals surface area contributed by atoms with E-state index in [0.717, 1.165) is 34.9 Å². The van der Waals surface area contributed by atoms with Crippen molar-refractivity contribution >= 4 is 18.5 Å². The fourth-order valence-electron chi connectivity index (χ4n) is 1.95. The van der Waals surface area contributed by atoms with Crippen LogP contribution < -0.4 is 5.32 Å². The summed E-state index contributed by atoms with van der Waals surface area (Å²) in [6, 6.07) is 5.67. The normalized spacial score (nSPS) is 14.7. The van der Waals surface area contributed by atoms with Crippen molar-refractivity contribution in [3.63, 3.8) is 0 Å². The zero-order valence-electron chi connectivity index (χ0n) is 10.2. The predicted octanol–water partition coefficient (Wildman–Crippen LogP) is 3.20. The largest absolute Gasteiger partial charge is 0.352 e. The first-order valence-electron chi connectivity index (χ1n) is 6.24. The highest BCUT2D eigenvalue weighted by molar-refractivity contribution is 7.80. The second kappa shape index (κ2) is 5.58. The van der Waals surface area contributed by atoms with E-state index in [2.05, 4.69) is 17.9 Å². The molecule has 1 fully saturated rings. The van der Waals surface area contributed by atoms with Crippen molar-refractivity contribution in [1.82, 2.24) is 5.32 Å². The van der Waals surface area contributed by atoms with Crippen molar-refractivity contribution < 1.29 is 4.79 Å². The van der Waals surface area contributed by atoms with Gasteiger partial charge in [-0.3, -0.25) is 4.79 Å². The minimum atomic E-state index is 0.0224. The topological polar surface area (TPSA) is 29.1 Å². The fourth-order valence-corrected chi connectivity index (χ4v) is 2.15. The van der Waals surface area contributed by atoms with Crippen LogP contribution in [0.25, 0.3) is 0 Å². The lowest BCUT2D eigenvalue weighted by molar-refractivity contribution is 0.0952. The van der Waals surface area contributed by atoms with E-state index in [1.165, 1.54) is 19.3 Å². The Morgan fingerprint density at radius 1 is 1.47 bits per heavy atom. The van der Waals surface area contributed by atoms with Crippen LogP contribution in [0.1, 0.15) is 41.6 Å². The van der Waals surface area contributed by atoms with Gasteiger partial charge in [0.15, 0.2) is 0 Å². The Balaban J connectivity index is 1.82. The first kappa shape index (κ1) is 12.5. The van der Waals surface area contributed by atoms with E-state index in [9.17, 15) is 4.79 Å². The smallest absolute Gasteiger partial charge is 0.251 e. The van der Waals surface area contributed by atoms with Crippen LogP contribution in [0.4, 0.5) is 0 Å². The van der Waals surface area contributed by atoms with Crippen LogP contribution in [0.3, 0.4) is 0 Å². The molecule has 0 unspecified atom stereocenters. The molecule has 2 rings (SSSR count). The third-order valence-electron chi connectivity index (χ3n) is 3.24. The fraction of sp³-hybridized carbons (Fsp3) is 0.500. The quantitative estimate of drug-likeness (QED) is 0.609. The molecule has 0 atom stereocenters. The number of carbonyl (C=O) groups is 1. The molecular weight excluding hydrogens is 230 g/mol. The Morgan fingerprint density at radius 3 is 2.94 bits per heavy atom. The zero-order chi connectivity index (χ0) is 12.3. The van der Waals surface area contributed by atoms with Crippen LogP contribution in [-0.4, -0.2) is 12.5 Å². The highest BCUT2D eigenvalue weighted by Crippen LogP contribution is 2.33. The van der Waals surface area contributed by atoms with Gasteiger partial charge in [0.1, 0.15) is 0 Å². The van der Waals surface area contributed by atoms with Crippen molar-refractivity contribution in [3.05, 3.63) is 29.3 Å². The average molecular weight is 249 g/mol. The Morgan fingerprint density at radius 2 is 2.24 bits per heavy atom. The molecule has 1 aromatic carbocycles. The molecule has 92 valence electrons. The number of amides is 1. The first-order valence-corrected chi connectivity index (χ1v) is 6.69. The van der Waals surface area contributed by atoms with Crippen LogP contribution in [0.5, 0.6) is 0 Å². The summed E-state index contributed by atoms with van der Waals surface area (Å²) in [5.74, 6) is 0.962. The summed E-state index contributed by atoms with van der Waals surface area (Å²) < 4.78 is 0. The Kier molecular flexibility index (Phi) is 4.11. The number of hydrogen-bond acceptors (Lipinski definition) is 2. The molecule has 1 saturated carbocycles. The summed E-state index contributed by atoms with van der Waals surface area (Å²) in [4.78, 5) is 12.8. The van der Waals surface area contributed by atoms with Crippen molar-refractivity contribution in [3.8, 4) is 0 Å². The van der Waals surface area contributed by atoms with Crippen molar-refractivity contribution in [2.45, 2.75) is 37.5 Å². The predicted molar refractivity (Wildman–Crippen MR) is 72.7 cm³/mol. The minimum absolute atomic E-state index is 0.0224. The van der Waals surface area contributed by atoms with Gasteiger partial charge in [0, 0.05) is 17.0 Å². The summed E-state index contributed by atoms with van der Waals surface area (Å²) in [5.41, 5.74) is 1.74. The van der Waals surface area contributed by atoms with Gasteiger partial charge in [0.05, 0.1) is 0 Å². The molecule has 1 aliphatic rings. The molecule has 1 aliphatic carbocycles. The molecule has 0 aliphatic heterocycles. The van der Waals surface area contributed by atoms with Crippen LogP contribution in [-0.2, 0) is 0 Å². The van der Waals surface area contributed by atoms with Crippen LogP contribution in [0, 0.1) is 12.8 Å². The SMILES string of the molecule is Cc1ccc(S)cc1C(=O)NCCCC1CC1. The molecule has 0 bridgehead atoms. The summed E-state index contributed by atoms with van der Waals surface area (Å²) in [6.45, 7) is 2.73. The second-order valence-electron chi connectivity index (χ2n) is 4.84. The number of rotatable bonds is 5. The maximum absolute atomic E-state index is 11.9. The molecule has 0 radical (unpaired) electrons. The van der Waals surface area contributed by atoms with Gasteiger partial charge >= 0.3 is 0 Å². The van der Waals surface area contributed by atoms with Gasteiger partial charge in [-0.05, 0) is 43.4 Å². The maximum Gasteiger partial charge on any atom is 0.251 e. The lowest BCUT2D eigenvalue weighted by Gasteiger charge is -2.08. The van der Waals surface area contributed by atoms with Gasteiger partial charge in [0.2, 0.25) is 0 Å². The van der Waals surface area contributed by atoms with Crippen molar-refractivity contribution in [2.24, 2.45) is 5.92 Å². The van der Waals surface area contributed by atoms with E-state index in [0.29, 0.717) is 0 Å². The Bertz CT molecular complexity index is 413. The van der Waals surface area contributed by atoms with E-state index < -0.39 is 0 Å². The van der Waals surface area contributed by atoms with E-state index in [1.807, 2.05) is 25.1 Å². The Hall–Kier alpha value is -0.960. The lowest BCUT2D eigenvalue weighted by Crippen LogP contribution is -2.25. The molecule has 1 amide bonds. The molecule has 2 nitrogen and oxygen atoms in total. The average Bonchev–Trinajstić information content (AvgIpc) is 3.11. The Labute approximate surface area is 108 Å². The second-order valence-corrected chi connectivity index (χ2v) is 5.36. The molecule has 0 aromatic heterocycles. The van der Waals surface area contributed by atoms with Gasteiger partial charge in [-0.15, -0.1) is 12.6 Å². The third kappa shape index (κ3) is 3.77. The number of carbonyl (C=O) groups excluding carboxylic acids is 1. The van der Waals surface area contributed by atoms with E-state index >= 15 is 0 Å². The van der Waals surface area contributed by atoms with E-state index in [-0.39, 0.29) is 5.91 Å². The van der Waals surface area contributed by atoms with Crippen LogP contribution in [0.2, 0.25) is 0 Å². The van der Waals surface area contributed by atoms with E-state index in [4.69, 9.17) is 0 Å². The van der Waals surface area contributed by atoms with Crippen molar-refractivity contribution in [1.29, 1.82) is 0 Å². The van der Waals surface area contributed by atoms with Gasteiger partial charge in [-0.25, -0.2) is 0 Å². The molecule has 1 N–H and O–H groups in total. The van der Waals surface area contributed by atoms with E-state index in [1.54, 1.807) is 0 Å². The number of nitrogens with one attached hydrogen (secondary N) is 1. The summed E-state index contributed by atoms with van der Waals surface area (Å²) >= 11 is 4.26.